The standard InChI is InChI=1S/C12H15N3O4S/c1-20-8-2-3-13-11-6(8)4-14-15(11)12-10(18)9(17)7(5-16)19-12/h2-4,7,9-10,12,16-18H,5H2,1H3/t7-,9-,10-,12-/m1/s1. The molecule has 2 aromatic rings. The second-order valence-electron chi connectivity index (χ2n) is 4.57. The largest absolute Gasteiger partial charge is 0.394 e. The summed E-state index contributed by atoms with van der Waals surface area (Å²) in [5.74, 6) is 0. The minimum atomic E-state index is -1.16. The Morgan fingerprint density at radius 2 is 2.20 bits per heavy atom. The lowest BCUT2D eigenvalue weighted by Gasteiger charge is -2.15. The van der Waals surface area contributed by atoms with Gasteiger partial charge in [0.2, 0.25) is 0 Å². The molecule has 0 unspecified atom stereocenters. The topological polar surface area (TPSA) is 101 Å². The lowest BCUT2D eigenvalue weighted by Crippen LogP contribution is -2.33. The molecular formula is C12H15N3O4S. The van der Waals surface area contributed by atoms with Crippen molar-refractivity contribution in [3.05, 3.63) is 18.5 Å². The molecule has 4 atom stereocenters. The van der Waals surface area contributed by atoms with E-state index in [1.807, 2.05) is 12.3 Å². The van der Waals surface area contributed by atoms with Gasteiger partial charge in [0, 0.05) is 11.1 Å². The number of hydrogen-bond acceptors (Lipinski definition) is 7. The molecule has 0 spiro atoms. The van der Waals surface area contributed by atoms with Gasteiger partial charge < -0.3 is 20.1 Å². The van der Waals surface area contributed by atoms with Gasteiger partial charge in [-0.3, -0.25) is 0 Å². The molecule has 1 aliphatic heterocycles. The summed E-state index contributed by atoms with van der Waals surface area (Å²) in [4.78, 5) is 5.28. The summed E-state index contributed by atoms with van der Waals surface area (Å²) in [7, 11) is 0. The molecule has 0 amide bonds. The normalized spacial score (nSPS) is 30.2. The van der Waals surface area contributed by atoms with Crippen molar-refractivity contribution in [3.63, 3.8) is 0 Å². The highest BCUT2D eigenvalue weighted by Gasteiger charge is 2.44. The van der Waals surface area contributed by atoms with Crippen LogP contribution in [-0.2, 0) is 4.74 Å². The first kappa shape index (κ1) is 13.8. The number of nitrogens with zero attached hydrogens (tertiary/aromatic N) is 3. The van der Waals surface area contributed by atoms with Gasteiger partial charge in [0.15, 0.2) is 11.9 Å². The Bertz CT molecular complexity index is 620. The Kier molecular flexibility index (Phi) is 3.65. The van der Waals surface area contributed by atoms with E-state index in [1.54, 1.807) is 24.2 Å². The molecule has 3 rings (SSSR count). The van der Waals surface area contributed by atoms with E-state index in [2.05, 4.69) is 10.1 Å². The van der Waals surface area contributed by atoms with E-state index < -0.39 is 24.5 Å². The molecular weight excluding hydrogens is 282 g/mol. The number of thioether (sulfide) groups is 1. The zero-order valence-electron chi connectivity index (χ0n) is 10.7. The average Bonchev–Trinajstić information content (AvgIpc) is 3.01. The second kappa shape index (κ2) is 5.30. The summed E-state index contributed by atoms with van der Waals surface area (Å²) in [6, 6.07) is 1.89. The summed E-state index contributed by atoms with van der Waals surface area (Å²) in [5.41, 5.74) is 0.576. The van der Waals surface area contributed by atoms with Crippen LogP contribution in [0.2, 0.25) is 0 Å². The zero-order valence-corrected chi connectivity index (χ0v) is 11.6. The third kappa shape index (κ3) is 2.00. The number of pyridine rings is 1. The molecule has 0 saturated carbocycles. The fourth-order valence-corrected chi connectivity index (χ4v) is 2.93. The zero-order chi connectivity index (χ0) is 14.3. The van der Waals surface area contributed by atoms with Crippen LogP contribution in [0.3, 0.4) is 0 Å². The molecule has 8 heteroatoms. The van der Waals surface area contributed by atoms with Gasteiger partial charge >= 0.3 is 0 Å². The maximum absolute atomic E-state index is 10.0. The van der Waals surface area contributed by atoms with Gasteiger partial charge in [0.1, 0.15) is 18.3 Å². The van der Waals surface area contributed by atoms with Crippen molar-refractivity contribution in [2.24, 2.45) is 0 Å². The SMILES string of the molecule is CSc1ccnc2c1cnn2[C@@H]1O[C@H](CO)[C@@H](O)[C@H]1O. The van der Waals surface area contributed by atoms with Crippen LogP contribution in [0.1, 0.15) is 6.23 Å². The molecule has 1 aliphatic rings. The van der Waals surface area contributed by atoms with Crippen molar-refractivity contribution in [2.75, 3.05) is 12.9 Å². The van der Waals surface area contributed by atoms with Crippen molar-refractivity contribution < 1.29 is 20.1 Å². The molecule has 0 radical (unpaired) electrons. The number of rotatable bonds is 3. The Balaban J connectivity index is 2.03. The maximum Gasteiger partial charge on any atom is 0.181 e. The van der Waals surface area contributed by atoms with E-state index in [-0.39, 0.29) is 6.61 Å². The van der Waals surface area contributed by atoms with E-state index >= 15 is 0 Å². The molecule has 0 aromatic carbocycles. The predicted molar refractivity (Wildman–Crippen MR) is 72.3 cm³/mol. The van der Waals surface area contributed by atoms with Crippen LogP contribution in [0.15, 0.2) is 23.4 Å². The molecule has 1 fully saturated rings. The average molecular weight is 297 g/mol. The van der Waals surface area contributed by atoms with E-state index in [1.165, 1.54) is 4.68 Å². The van der Waals surface area contributed by atoms with Gasteiger partial charge in [-0.15, -0.1) is 11.8 Å². The monoisotopic (exact) mass is 297 g/mol. The van der Waals surface area contributed by atoms with Gasteiger partial charge in [-0.05, 0) is 12.3 Å². The molecule has 3 N–H and O–H groups in total. The van der Waals surface area contributed by atoms with Crippen molar-refractivity contribution in [3.8, 4) is 0 Å². The van der Waals surface area contributed by atoms with Crippen LogP contribution in [0.4, 0.5) is 0 Å². The van der Waals surface area contributed by atoms with Gasteiger partial charge in [-0.1, -0.05) is 0 Å². The minimum absolute atomic E-state index is 0.364. The third-order valence-electron chi connectivity index (χ3n) is 3.44. The lowest BCUT2D eigenvalue weighted by atomic mass is 10.1. The van der Waals surface area contributed by atoms with Crippen LogP contribution in [0.25, 0.3) is 11.0 Å². The quantitative estimate of drug-likeness (QED) is 0.672. The molecule has 0 aliphatic carbocycles. The molecule has 20 heavy (non-hydrogen) atoms. The fourth-order valence-electron chi connectivity index (χ4n) is 2.37. The summed E-state index contributed by atoms with van der Waals surface area (Å²) in [6.45, 7) is -0.364. The second-order valence-corrected chi connectivity index (χ2v) is 5.42. The molecule has 108 valence electrons. The van der Waals surface area contributed by atoms with Gasteiger partial charge in [-0.2, -0.15) is 5.10 Å². The van der Waals surface area contributed by atoms with E-state index in [0.29, 0.717) is 5.65 Å². The first-order valence-electron chi connectivity index (χ1n) is 6.16. The highest BCUT2D eigenvalue weighted by atomic mass is 32.2. The Hall–Kier alpha value is -1.19. The van der Waals surface area contributed by atoms with Crippen molar-refractivity contribution in [1.29, 1.82) is 0 Å². The van der Waals surface area contributed by atoms with Crippen LogP contribution in [0.5, 0.6) is 0 Å². The van der Waals surface area contributed by atoms with Gasteiger partial charge in [0.25, 0.3) is 0 Å². The predicted octanol–water partition coefficient (Wildman–Crippen LogP) is -0.235. The van der Waals surface area contributed by atoms with Gasteiger partial charge in [0.05, 0.1) is 18.2 Å². The summed E-state index contributed by atoms with van der Waals surface area (Å²) >= 11 is 1.57. The molecule has 0 bridgehead atoms. The molecule has 1 saturated heterocycles. The smallest absolute Gasteiger partial charge is 0.181 e. The highest BCUT2D eigenvalue weighted by Crippen LogP contribution is 2.32. The van der Waals surface area contributed by atoms with E-state index in [0.717, 1.165) is 10.3 Å². The van der Waals surface area contributed by atoms with Crippen LogP contribution < -0.4 is 0 Å². The van der Waals surface area contributed by atoms with Crippen molar-refractivity contribution in [2.45, 2.75) is 29.4 Å². The van der Waals surface area contributed by atoms with Crippen molar-refractivity contribution in [1.82, 2.24) is 14.8 Å². The minimum Gasteiger partial charge on any atom is -0.394 e. The number of ether oxygens (including phenoxy) is 1. The lowest BCUT2D eigenvalue weighted by molar-refractivity contribution is -0.0566. The summed E-state index contributed by atoms with van der Waals surface area (Å²) in [5, 5.41) is 34.0. The summed E-state index contributed by atoms with van der Waals surface area (Å²) < 4.78 is 6.91. The Morgan fingerprint density at radius 3 is 2.85 bits per heavy atom. The van der Waals surface area contributed by atoms with E-state index in [4.69, 9.17) is 9.84 Å². The Morgan fingerprint density at radius 1 is 1.40 bits per heavy atom. The maximum atomic E-state index is 10.0. The third-order valence-corrected chi connectivity index (χ3v) is 4.23. The van der Waals surface area contributed by atoms with Gasteiger partial charge in [-0.25, -0.2) is 9.67 Å². The fraction of sp³-hybridized carbons (Fsp3) is 0.500. The number of hydrogen-bond donors (Lipinski definition) is 3. The van der Waals surface area contributed by atoms with Crippen LogP contribution >= 0.6 is 11.8 Å². The first-order valence-corrected chi connectivity index (χ1v) is 7.38. The number of aliphatic hydroxyl groups is 3. The van der Waals surface area contributed by atoms with Crippen LogP contribution in [-0.4, -0.2) is 61.3 Å². The number of aromatic nitrogens is 3. The molecule has 2 aromatic heterocycles. The van der Waals surface area contributed by atoms with E-state index in [9.17, 15) is 10.2 Å². The summed E-state index contributed by atoms with van der Waals surface area (Å²) in [6.07, 6.45) is 1.29. The Labute approximate surface area is 119 Å². The first-order chi connectivity index (χ1) is 9.67. The molecule has 3 heterocycles. The van der Waals surface area contributed by atoms with Crippen LogP contribution in [0, 0.1) is 0 Å². The van der Waals surface area contributed by atoms with Crippen molar-refractivity contribution >= 4 is 22.8 Å². The molecule has 7 nitrogen and oxygen atoms in total. The number of fused-ring (bicyclic) bond motifs is 1. The number of aliphatic hydroxyl groups excluding tert-OH is 3. The highest BCUT2D eigenvalue weighted by molar-refractivity contribution is 7.98.